The van der Waals surface area contributed by atoms with Crippen LogP contribution in [0.5, 0.6) is 11.6 Å². The van der Waals surface area contributed by atoms with Crippen LogP contribution in [0.1, 0.15) is 13.8 Å². The van der Waals surface area contributed by atoms with Gasteiger partial charge in [-0.25, -0.2) is 4.98 Å². The number of rotatable bonds is 1. The summed E-state index contributed by atoms with van der Waals surface area (Å²) in [6.45, 7) is 4.84. The summed E-state index contributed by atoms with van der Waals surface area (Å²) in [6, 6.07) is 3.74. The smallest absolute Gasteiger partial charge is 0.257 e. The van der Waals surface area contributed by atoms with E-state index in [4.69, 9.17) is 9.47 Å². The molecule has 1 aromatic rings. The van der Waals surface area contributed by atoms with Crippen molar-refractivity contribution in [2.75, 3.05) is 6.61 Å². The zero-order chi connectivity index (χ0) is 9.26. The number of ether oxygens (including phenoxy) is 2. The summed E-state index contributed by atoms with van der Waals surface area (Å²) in [7, 11) is 0. The Hall–Kier alpha value is -1.25. The van der Waals surface area contributed by atoms with Gasteiger partial charge >= 0.3 is 0 Å². The minimum atomic E-state index is 0.150. The molecule has 70 valence electrons. The van der Waals surface area contributed by atoms with E-state index in [-0.39, 0.29) is 6.10 Å². The molecule has 1 aromatic heterocycles. The maximum Gasteiger partial charge on any atom is 0.257 e. The van der Waals surface area contributed by atoms with Crippen molar-refractivity contribution in [3.8, 4) is 11.6 Å². The maximum atomic E-state index is 5.71. The summed E-state index contributed by atoms with van der Waals surface area (Å²) in [6.07, 6.45) is 1.86. The SMILES string of the molecule is CC(C)[C@@H]1COc2ncccc2O1. The molecular weight excluding hydrogens is 166 g/mol. The molecule has 2 heterocycles. The second kappa shape index (κ2) is 3.24. The van der Waals surface area contributed by atoms with Gasteiger partial charge in [0.15, 0.2) is 5.75 Å². The zero-order valence-corrected chi connectivity index (χ0v) is 7.86. The Morgan fingerprint density at radius 2 is 2.38 bits per heavy atom. The van der Waals surface area contributed by atoms with E-state index in [9.17, 15) is 0 Å². The third-order valence-electron chi connectivity index (χ3n) is 2.14. The fraction of sp³-hybridized carbons (Fsp3) is 0.500. The van der Waals surface area contributed by atoms with Crippen LogP contribution in [0.3, 0.4) is 0 Å². The minimum Gasteiger partial charge on any atom is -0.481 e. The van der Waals surface area contributed by atoms with Gasteiger partial charge in [0.25, 0.3) is 5.88 Å². The van der Waals surface area contributed by atoms with E-state index in [1.165, 1.54) is 0 Å². The van der Waals surface area contributed by atoms with Gasteiger partial charge in [-0.05, 0) is 18.1 Å². The Morgan fingerprint density at radius 3 is 3.15 bits per heavy atom. The number of aromatic nitrogens is 1. The van der Waals surface area contributed by atoms with E-state index in [2.05, 4.69) is 18.8 Å². The van der Waals surface area contributed by atoms with Crippen LogP contribution < -0.4 is 9.47 Å². The van der Waals surface area contributed by atoms with Crippen LogP contribution >= 0.6 is 0 Å². The van der Waals surface area contributed by atoms with Crippen LogP contribution in [0.2, 0.25) is 0 Å². The summed E-state index contributed by atoms with van der Waals surface area (Å²) in [4.78, 5) is 4.07. The van der Waals surface area contributed by atoms with Gasteiger partial charge in [-0.3, -0.25) is 0 Å². The minimum absolute atomic E-state index is 0.150. The van der Waals surface area contributed by atoms with E-state index in [0.29, 0.717) is 18.4 Å². The predicted octanol–water partition coefficient (Wildman–Crippen LogP) is 1.88. The molecule has 0 radical (unpaired) electrons. The lowest BCUT2D eigenvalue weighted by molar-refractivity contribution is 0.0551. The van der Waals surface area contributed by atoms with E-state index in [0.717, 1.165) is 5.75 Å². The van der Waals surface area contributed by atoms with Crippen molar-refractivity contribution >= 4 is 0 Å². The largest absolute Gasteiger partial charge is 0.481 e. The van der Waals surface area contributed by atoms with Gasteiger partial charge < -0.3 is 9.47 Å². The van der Waals surface area contributed by atoms with Crippen molar-refractivity contribution in [1.29, 1.82) is 0 Å². The molecule has 0 unspecified atom stereocenters. The molecule has 1 aliphatic rings. The molecule has 3 nitrogen and oxygen atoms in total. The van der Waals surface area contributed by atoms with Crippen LogP contribution in [-0.4, -0.2) is 17.7 Å². The van der Waals surface area contributed by atoms with Crippen molar-refractivity contribution in [2.45, 2.75) is 20.0 Å². The molecule has 0 saturated heterocycles. The molecule has 1 atom stereocenters. The van der Waals surface area contributed by atoms with E-state index >= 15 is 0 Å². The predicted molar refractivity (Wildman–Crippen MR) is 49.0 cm³/mol. The third kappa shape index (κ3) is 1.59. The molecule has 0 aromatic carbocycles. The number of hydrogen-bond donors (Lipinski definition) is 0. The first kappa shape index (κ1) is 8.35. The van der Waals surface area contributed by atoms with Gasteiger partial charge in [-0.2, -0.15) is 0 Å². The Kier molecular flexibility index (Phi) is 2.08. The van der Waals surface area contributed by atoms with Crippen LogP contribution in [0.25, 0.3) is 0 Å². The molecule has 0 spiro atoms. The molecule has 0 bridgehead atoms. The van der Waals surface area contributed by atoms with Gasteiger partial charge in [-0.15, -0.1) is 0 Å². The highest BCUT2D eigenvalue weighted by Gasteiger charge is 2.23. The lowest BCUT2D eigenvalue weighted by Crippen LogP contribution is -2.33. The van der Waals surface area contributed by atoms with Gasteiger partial charge in [0.05, 0.1) is 0 Å². The summed E-state index contributed by atoms with van der Waals surface area (Å²) in [5.41, 5.74) is 0. The highest BCUT2D eigenvalue weighted by atomic mass is 16.6. The summed E-state index contributed by atoms with van der Waals surface area (Å²) >= 11 is 0. The molecule has 3 heteroatoms. The molecule has 0 saturated carbocycles. The summed E-state index contributed by atoms with van der Waals surface area (Å²) in [5, 5.41) is 0. The van der Waals surface area contributed by atoms with E-state index < -0.39 is 0 Å². The van der Waals surface area contributed by atoms with Gasteiger partial charge in [0.2, 0.25) is 0 Å². The lowest BCUT2D eigenvalue weighted by Gasteiger charge is -2.27. The van der Waals surface area contributed by atoms with Gasteiger partial charge in [0, 0.05) is 6.20 Å². The van der Waals surface area contributed by atoms with Crippen LogP contribution in [0.15, 0.2) is 18.3 Å². The van der Waals surface area contributed by atoms with Crippen molar-refractivity contribution < 1.29 is 9.47 Å². The monoisotopic (exact) mass is 179 g/mol. The quantitative estimate of drug-likeness (QED) is 0.659. The van der Waals surface area contributed by atoms with Crippen LogP contribution in [-0.2, 0) is 0 Å². The molecule has 1 aliphatic heterocycles. The fourth-order valence-electron chi connectivity index (χ4n) is 1.26. The average Bonchev–Trinajstić information content (AvgIpc) is 2.17. The number of nitrogens with zero attached hydrogens (tertiary/aromatic N) is 1. The van der Waals surface area contributed by atoms with Gasteiger partial charge in [0.1, 0.15) is 12.7 Å². The van der Waals surface area contributed by atoms with Crippen molar-refractivity contribution in [3.05, 3.63) is 18.3 Å². The number of hydrogen-bond acceptors (Lipinski definition) is 3. The average molecular weight is 179 g/mol. The number of pyridine rings is 1. The molecule has 13 heavy (non-hydrogen) atoms. The highest BCUT2D eigenvalue weighted by molar-refractivity contribution is 5.34. The van der Waals surface area contributed by atoms with Crippen LogP contribution in [0.4, 0.5) is 0 Å². The normalized spacial score (nSPS) is 20.4. The third-order valence-corrected chi connectivity index (χ3v) is 2.14. The van der Waals surface area contributed by atoms with E-state index in [1.807, 2.05) is 12.1 Å². The molecular formula is C10H13NO2. The Morgan fingerprint density at radius 1 is 1.54 bits per heavy atom. The van der Waals surface area contributed by atoms with E-state index in [1.54, 1.807) is 6.20 Å². The number of fused-ring (bicyclic) bond motifs is 1. The molecule has 0 aliphatic carbocycles. The second-order valence-electron chi connectivity index (χ2n) is 3.52. The first-order valence-electron chi connectivity index (χ1n) is 4.52. The fourth-order valence-corrected chi connectivity index (χ4v) is 1.26. The van der Waals surface area contributed by atoms with Crippen LogP contribution in [0, 0.1) is 5.92 Å². The van der Waals surface area contributed by atoms with Crippen molar-refractivity contribution in [2.24, 2.45) is 5.92 Å². The topological polar surface area (TPSA) is 31.4 Å². The zero-order valence-electron chi connectivity index (χ0n) is 7.86. The molecule has 0 N–H and O–H groups in total. The summed E-state index contributed by atoms with van der Waals surface area (Å²) in [5.74, 6) is 1.83. The second-order valence-corrected chi connectivity index (χ2v) is 3.52. The van der Waals surface area contributed by atoms with Crippen molar-refractivity contribution in [1.82, 2.24) is 4.98 Å². The Bertz CT molecular complexity index is 299. The maximum absolute atomic E-state index is 5.71. The molecule has 2 rings (SSSR count). The Labute approximate surface area is 77.7 Å². The Balaban J connectivity index is 2.20. The first-order valence-corrected chi connectivity index (χ1v) is 4.52. The summed E-state index contributed by atoms with van der Waals surface area (Å²) < 4.78 is 11.2. The molecule has 0 amide bonds. The molecule has 0 fully saturated rings. The standard InChI is InChI=1S/C10H13NO2/c1-7(2)9-6-12-10-8(13-9)4-3-5-11-10/h3-5,7,9H,6H2,1-2H3/t9-/m0/s1. The lowest BCUT2D eigenvalue weighted by atomic mass is 10.1. The van der Waals surface area contributed by atoms with Crippen molar-refractivity contribution in [3.63, 3.8) is 0 Å². The first-order chi connectivity index (χ1) is 6.27. The highest BCUT2D eigenvalue weighted by Crippen LogP contribution is 2.30. The van der Waals surface area contributed by atoms with Gasteiger partial charge in [-0.1, -0.05) is 13.8 Å².